The minimum absolute atomic E-state index is 0.0274. The van der Waals surface area contributed by atoms with Gasteiger partial charge in [-0.3, -0.25) is 4.79 Å². The van der Waals surface area contributed by atoms with Crippen LogP contribution in [0.4, 0.5) is 5.13 Å². The van der Waals surface area contributed by atoms with Crippen LogP contribution in [-0.4, -0.2) is 10.9 Å². The zero-order chi connectivity index (χ0) is 13.8. The molecule has 1 atom stereocenters. The van der Waals surface area contributed by atoms with Crippen molar-refractivity contribution in [2.75, 3.05) is 5.32 Å². The van der Waals surface area contributed by atoms with Gasteiger partial charge in [-0.2, -0.15) is 5.26 Å². The lowest BCUT2D eigenvalue weighted by Gasteiger charge is -2.13. The molecule has 0 aliphatic heterocycles. The zero-order valence-corrected chi connectivity index (χ0v) is 11.1. The first-order chi connectivity index (χ1) is 9.10. The molecule has 0 aliphatic rings. The Hall–Kier alpha value is -2.39. The first kappa shape index (κ1) is 13.1. The minimum Gasteiger partial charge on any atom is -0.364 e. The van der Waals surface area contributed by atoms with E-state index >= 15 is 0 Å². The number of amides is 1. The molecule has 6 heteroatoms. The number of carbonyl (C=O) groups excluding carboxylic acids is 1. The van der Waals surface area contributed by atoms with Crippen molar-refractivity contribution < 1.29 is 4.79 Å². The van der Waals surface area contributed by atoms with E-state index in [-0.39, 0.29) is 11.7 Å². The summed E-state index contributed by atoms with van der Waals surface area (Å²) in [7, 11) is 0. The molecule has 96 valence electrons. The fourth-order valence-electron chi connectivity index (χ4n) is 1.57. The van der Waals surface area contributed by atoms with Crippen molar-refractivity contribution in [1.82, 2.24) is 4.98 Å². The molecule has 0 bridgehead atoms. The Morgan fingerprint density at radius 1 is 1.47 bits per heavy atom. The summed E-state index contributed by atoms with van der Waals surface area (Å²) in [5.41, 5.74) is 7.07. The number of nitriles is 1. The molecule has 0 saturated carbocycles. The third-order valence-electron chi connectivity index (χ3n) is 2.64. The highest BCUT2D eigenvalue weighted by molar-refractivity contribution is 7.13. The maximum atomic E-state index is 10.9. The van der Waals surface area contributed by atoms with Crippen molar-refractivity contribution >= 4 is 22.4 Å². The number of rotatable bonds is 4. The molecule has 0 fully saturated rings. The van der Waals surface area contributed by atoms with Crippen LogP contribution >= 0.6 is 11.3 Å². The predicted molar refractivity (Wildman–Crippen MR) is 73.8 cm³/mol. The fourth-order valence-corrected chi connectivity index (χ4v) is 2.36. The molecular weight excluding hydrogens is 260 g/mol. The zero-order valence-electron chi connectivity index (χ0n) is 10.3. The van der Waals surface area contributed by atoms with Crippen molar-refractivity contribution in [3.05, 3.63) is 46.5 Å². The Bertz CT molecular complexity index is 627. The lowest BCUT2D eigenvalue weighted by Crippen LogP contribution is -2.12. The highest BCUT2D eigenvalue weighted by Gasteiger charge is 2.10. The second kappa shape index (κ2) is 5.50. The van der Waals surface area contributed by atoms with Gasteiger partial charge in [-0.15, -0.1) is 11.3 Å². The van der Waals surface area contributed by atoms with E-state index < -0.39 is 5.91 Å². The summed E-state index contributed by atoms with van der Waals surface area (Å²) in [6.45, 7) is 1.98. The van der Waals surface area contributed by atoms with Gasteiger partial charge in [-0.05, 0) is 24.6 Å². The minimum atomic E-state index is -0.532. The molecule has 1 heterocycles. The van der Waals surface area contributed by atoms with Gasteiger partial charge in [0.15, 0.2) is 5.13 Å². The van der Waals surface area contributed by atoms with Gasteiger partial charge in [-0.25, -0.2) is 4.98 Å². The third kappa shape index (κ3) is 3.09. The molecule has 3 N–H and O–H groups in total. The normalized spacial score (nSPS) is 11.6. The van der Waals surface area contributed by atoms with Crippen molar-refractivity contribution in [1.29, 1.82) is 5.26 Å². The van der Waals surface area contributed by atoms with E-state index in [2.05, 4.69) is 16.4 Å². The van der Waals surface area contributed by atoms with Gasteiger partial charge in [0, 0.05) is 5.38 Å². The molecule has 1 aromatic carbocycles. The third-order valence-corrected chi connectivity index (χ3v) is 3.41. The lowest BCUT2D eigenvalue weighted by molar-refractivity contribution is 0.0996. The van der Waals surface area contributed by atoms with Gasteiger partial charge in [0.2, 0.25) is 0 Å². The van der Waals surface area contributed by atoms with Crippen LogP contribution in [0, 0.1) is 11.3 Å². The fraction of sp³-hybridized carbons (Fsp3) is 0.154. The van der Waals surface area contributed by atoms with Gasteiger partial charge in [-0.1, -0.05) is 12.1 Å². The van der Waals surface area contributed by atoms with E-state index in [0.29, 0.717) is 10.7 Å². The number of thiazole rings is 1. The van der Waals surface area contributed by atoms with Crippen LogP contribution in [0.1, 0.15) is 34.6 Å². The van der Waals surface area contributed by atoms with E-state index in [1.54, 1.807) is 17.5 Å². The smallest absolute Gasteiger partial charge is 0.268 e. The molecule has 1 unspecified atom stereocenters. The molecule has 5 nitrogen and oxygen atoms in total. The number of nitrogens with one attached hydrogen (secondary N) is 1. The predicted octanol–water partition coefficient (Wildman–Crippen LogP) is 2.29. The molecule has 0 radical (unpaired) electrons. The number of benzene rings is 1. The first-order valence-electron chi connectivity index (χ1n) is 5.62. The largest absolute Gasteiger partial charge is 0.364 e. The van der Waals surface area contributed by atoms with E-state index in [1.807, 2.05) is 19.1 Å². The van der Waals surface area contributed by atoms with E-state index in [9.17, 15) is 4.79 Å². The summed E-state index contributed by atoms with van der Waals surface area (Å²) in [4.78, 5) is 15.0. The van der Waals surface area contributed by atoms with Crippen LogP contribution in [0.2, 0.25) is 0 Å². The van der Waals surface area contributed by atoms with Crippen molar-refractivity contribution in [3.8, 4) is 6.07 Å². The van der Waals surface area contributed by atoms with E-state index in [1.165, 1.54) is 11.3 Å². The van der Waals surface area contributed by atoms with Gasteiger partial charge in [0.05, 0.1) is 17.7 Å². The average molecular weight is 272 g/mol. The van der Waals surface area contributed by atoms with Crippen molar-refractivity contribution in [2.24, 2.45) is 5.73 Å². The molecule has 0 spiro atoms. The maximum absolute atomic E-state index is 10.9. The van der Waals surface area contributed by atoms with Crippen LogP contribution in [0.25, 0.3) is 0 Å². The number of nitrogens with two attached hydrogens (primary N) is 1. The molecule has 2 aromatic rings. The van der Waals surface area contributed by atoms with Crippen molar-refractivity contribution in [2.45, 2.75) is 13.0 Å². The number of nitrogens with zero attached hydrogens (tertiary/aromatic N) is 2. The molecule has 19 heavy (non-hydrogen) atoms. The SMILES string of the molecule is CC(Nc1nc(C(N)=O)cs1)c1ccc(C#N)cc1. The molecule has 1 amide bonds. The van der Waals surface area contributed by atoms with Crippen LogP contribution in [-0.2, 0) is 0 Å². The molecule has 1 aromatic heterocycles. The molecule has 0 aliphatic carbocycles. The lowest BCUT2D eigenvalue weighted by atomic mass is 10.1. The van der Waals surface area contributed by atoms with Gasteiger partial charge in [0.25, 0.3) is 5.91 Å². The summed E-state index contributed by atoms with van der Waals surface area (Å²) >= 11 is 1.33. The first-order valence-corrected chi connectivity index (χ1v) is 6.50. The number of carbonyl (C=O) groups is 1. The summed E-state index contributed by atoms with van der Waals surface area (Å²) in [6, 6.07) is 9.42. The maximum Gasteiger partial charge on any atom is 0.268 e. The van der Waals surface area contributed by atoms with E-state index in [0.717, 1.165) is 5.56 Å². The molecular formula is C13H12N4OS. The summed E-state index contributed by atoms with van der Waals surface area (Å²) in [5.74, 6) is -0.532. The van der Waals surface area contributed by atoms with Crippen molar-refractivity contribution in [3.63, 3.8) is 0 Å². The second-order valence-electron chi connectivity index (χ2n) is 4.00. The quantitative estimate of drug-likeness (QED) is 0.893. The number of primary amides is 1. The average Bonchev–Trinajstić information content (AvgIpc) is 2.87. The Balaban J connectivity index is 2.09. The summed E-state index contributed by atoms with van der Waals surface area (Å²) < 4.78 is 0. The van der Waals surface area contributed by atoms with Gasteiger partial charge in [0.1, 0.15) is 5.69 Å². The van der Waals surface area contributed by atoms with Crippen LogP contribution in [0.3, 0.4) is 0 Å². The topological polar surface area (TPSA) is 91.8 Å². The summed E-state index contributed by atoms with van der Waals surface area (Å²) in [6.07, 6.45) is 0. The Kier molecular flexibility index (Phi) is 3.78. The Labute approximate surface area is 114 Å². The highest BCUT2D eigenvalue weighted by atomic mass is 32.1. The number of hydrogen-bond donors (Lipinski definition) is 2. The second-order valence-corrected chi connectivity index (χ2v) is 4.86. The van der Waals surface area contributed by atoms with Crippen LogP contribution < -0.4 is 11.1 Å². The number of aromatic nitrogens is 1. The Morgan fingerprint density at radius 2 is 2.16 bits per heavy atom. The standard InChI is InChI=1S/C13H12N4OS/c1-8(10-4-2-9(6-14)3-5-10)16-13-17-11(7-19-13)12(15)18/h2-5,7-8H,1H3,(H2,15,18)(H,16,17). The van der Waals surface area contributed by atoms with Crippen LogP contribution in [0.5, 0.6) is 0 Å². The monoisotopic (exact) mass is 272 g/mol. The van der Waals surface area contributed by atoms with Gasteiger partial charge < -0.3 is 11.1 Å². The molecule has 2 rings (SSSR count). The van der Waals surface area contributed by atoms with E-state index in [4.69, 9.17) is 11.0 Å². The van der Waals surface area contributed by atoms with Gasteiger partial charge >= 0.3 is 0 Å². The summed E-state index contributed by atoms with van der Waals surface area (Å²) in [5, 5.41) is 14.2. The number of hydrogen-bond acceptors (Lipinski definition) is 5. The molecule has 0 saturated heterocycles. The van der Waals surface area contributed by atoms with Crippen LogP contribution in [0.15, 0.2) is 29.6 Å². The Morgan fingerprint density at radius 3 is 2.68 bits per heavy atom. The highest BCUT2D eigenvalue weighted by Crippen LogP contribution is 2.22. The number of anilines is 1.